The Labute approximate surface area is 175 Å². The first-order chi connectivity index (χ1) is 14.7. The molecule has 0 bridgehead atoms. The normalized spacial score (nSPS) is 13.1. The summed E-state index contributed by atoms with van der Waals surface area (Å²) in [6.07, 6.45) is 4.71. The van der Waals surface area contributed by atoms with Crippen LogP contribution in [0.3, 0.4) is 0 Å². The lowest BCUT2D eigenvalue weighted by Gasteiger charge is -2.19. The first-order valence-corrected chi connectivity index (χ1v) is 10.5. The molecule has 5 aromatic rings. The van der Waals surface area contributed by atoms with E-state index in [0.29, 0.717) is 5.75 Å². The fraction of sp³-hybridized carbons (Fsp3) is 0.143. The van der Waals surface area contributed by atoms with E-state index in [4.69, 9.17) is 5.11 Å². The molecule has 5 aromatic carbocycles. The summed E-state index contributed by atoms with van der Waals surface area (Å²) in [5.74, 6) is 0.228. The van der Waals surface area contributed by atoms with Crippen molar-refractivity contribution >= 4 is 32.3 Å². The van der Waals surface area contributed by atoms with Gasteiger partial charge in [-0.05, 0) is 81.9 Å². The molecule has 2 heteroatoms. The van der Waals surface area contributed by atoms with E-state index in [-0.39, 0.29) is 5.82 Å². The predicted molar refractivity (Wildman–Crippen MR) is 124 cm³/mol. The zero-order valence-corrected chi connectivity index (χ0v) is 16.7. The highest BCUT2D eigenvalue weighted by molar-refractivity contribution is 6.09. The van der Waals surface area contributed by atoms with Crippen LogP contribution in [0.1, 0.15) is 24.0 Å². The minimum Gasteiger partial charge on any atom is -0.508 e. The van der Waals surface area contributed by atoms with Crippen LogP contribution < -0.4 is 0 Å². The van der Waals surface area contributed by atoms with Crippen LogP contribution in [0, 0.1) is 5.82 Å². The zero-order chi connectivity index (χ0) is 20.5. The first-order valence-electron chi connectivity index (χ1n) is 10.5. The van der Waals surface area contributed by atoms with Crippen molar-refractivity contribution in [3.63, 3.8) is 0 Å². The van der Waals surface area contributed by atoms with Gasteiger partial charge in [-0.2, -0.15) is 0 Å². The maximum atomic E-state index is 14.3. The van der Waals surface area contributed by atoms with Crippen molar-refractivity contribution in [2.45, 2.75) is 25.7 Å². The summed E-state index contributed by atoms with van der Waals surface area (Å²) in [6, 6.07) is 27.2. The van der Waals surface area contributed by atoms with Crippen LogP contribution in [-0.2, 0) is 12.8 Å². The number of hydrogen-bond donors (Lipinski definition) is 1. The second kappa shape index (κ2) is 7.79. The Bertz CT molecular complexity index is 1370. The molecular formula is C28H23FO. The summed E-state index contributed by atoms with van der Waals surface area (Å²) >= 11 is 0. The lowest BCUT2D eigenvalue weighted by atomic mass is 9.86. The van der Waals surface area contributed by atoms with Crippen molar-refractivity contribution in [3.8, 4) is 5.75 Å². The molecule has 1 N–H and O–H groups in total. The predicted octanol–water partition coefficient (Wildman–Crippen LogP) is 7.56. The number of phenolic OH excluding ortho intramolecular Hbond substituents is 1. The van der Waals surface area contributed by atoms with Crippen LogP contribution in [0.2, 0.25) is 0 Å². The lowest BCUT2D eigenvalue weighted by Crippen LogP contribution is -2.03. The van der Waals surface area contributed by atoms with Gasteiger partial charge in [0.2, 0.25) is 0 Å². The number of fused-ring (bicyclic) bond motifs is 6. The number of rotatable bonds is 0. The van der Waals surface area contributed by atoms with Crippen molar-refractivity contribution in [2.24, 2.45) is 0 Å². The summed E-state index contributed by atoms with van der Waals surface area (Å²) in [5, 5.41) is 15.4. The van der Waals surface area contributed by atoms with Crippen LogP contribution in [0.15, 0.2) is 84.9 Å². The van der Waals surface area contributed by atoms with Gasteiger partial charge in [-0.25, -0.2) is 4.39 Å². The molecule has 0 fully saturated rings. The second-order valence-corrected chi connectivity index (χ2v) is 7.94. The Morgan fingerprint density at radius 2 is 1.30 bits per heavy atom. The Balaban J connectivity index is 0.000000149. The fourth-order valence-electron chi connectivity index (χ4n) is 4.56. The van der Waals surface area contributed by atoms with E-state index >= 15 is 0 Å². The fourth-order valence-corrected chi connectivity index (χ4v) is 4.56. The highest BCUT2D eigenvalue weighted by atomic mass is 19.1. The van der Waals surface area contributed by atoms with Crippen LogP contribution in [0.25, 0.3) is 32.3 Å². The molecule has 0 spiro atoms. The number of halogens is 1. The molecule has 0 radical (unpaired) electrons. The van der Waals surface area contributed by atoms with Crippen LogP contribution in [0.5, 0.6) is 5.75 Å². The molecule has 30 heavy (non-hydrogen) atoms. The molecular weight excluding hydrogens is 371 g/mol. The number of phenols is 1. The van der Waals surface area contributed by atoms with E-state index < -0.39 is 0 Å². The Morgan fingerprint density at radius 3 is 2.17 bits per heavy atom. The van der Waals surface area contributed by atoms with Gasteiger partial charge in [0, 0.05) is 5.39 Å². The average Bonchev–Trinajstić information content (AvgIpc) is 2.79. The summed E-state index contributed by atoms with van der Waals surface area (Å²) in [4.78, 5) is 0. The van der Waals surface area contributed by atoms with Crippen molar-refractivity contribution < 1.29 is 9.50 Å². The van der Waals surface area contributed by atoms with Gasteiger partial charge < -0.3 is 5.11 Å². The molecule has 1 nitrogen and oxygen atoms in total. The van der Waals surface area contributed by atoms with Crippen molar-refractivity contribution in [1.82, 2.24) is 0 Å². The molecule has 0 saturated heterocycles. The lowest BCUT2D eigenvalue weighted by molar-refractivity contribution is 0.476. The van der Waals surface area contributed by atoms with Gasteiger partial charge in [0.25, 0.3) is 0 Å². The second-order valence-electron chi connectivity index (χ2n) is 7.94. The average molecular weight is 394 g/mol. The molecule has 0 saturated carbocycles. The highest BCUT2D eigenvalue weighted by Gasteiger charge is 2.15. The SMILES string of the molecule is Fc1cc2c3c(ccc2c2ccccc12)CCCC3.Oc1ccc2ccccc2c1. The van der Waals surface area contributed by atoms with Gasteiger partial charge in [-0.15, -0.1) is 0 Å². The van der Waals surface area contributed by atoms with E-state index in [0.717, 1.165) is 39.8 Å². The summed E-state index contributed by atoms with van der Waals surface area (Å²) in [7, 11) is 0. The molecule has 0 atom stereocenters. The van der Waals surface area contributed by atoms with E-state index in [1.54, 1.807) is 18.2 Å². The Hall–Kier alpha value is -3.39. The van der Waals surface area contributed by atoms with Gasteiger partial charge in [0.15, 0.2) is 0 Å². The maximum Gasteiger partial charge on any atom is 0.131 e. The maximum absolute atomic E-state index is 14.3. The van der Waals surface area contributed by atoms with Crippen LogP contribution in [-0.4, -0.2) is 5.11 Å². The summed E-state index contributed by atoms with van der Waals surface area (Å²) < 4.78 is 14.3. The molecule has 0 heterocycles. The molecule has 0 aliphatic heterocycles. The standard InChI is InChI=1S/C18H15F.C10H8O/c19-18-11-17-13-6-2-1-5-12(13)9-10-15(17)14-7-3-4-8-16(14)18;11-10-6-5-8-3-1-2-4-9(8)7-10/h3-4,7-11H,1-2,5-6H2;1-7,11H. The van der Waals surface area contributed by atoms with Gasteiger partial charge in [-0.3, -0.25) is 0 Å². The van der Waals surface area contributed by atoms with Crippen LogP contribution >= 0.6 is 0 Å². The van der Waals surface area contributed by atoms with E-state index in [9.17, 15) is 4.39 Å². The Kier molecular flexibility index (Phi) is 4.84. The van der Waals surface area contributed by atoms with E-state index in [1.165, 1.54) is 29.4 Å². The smallest absolute Gasteiger partial charge is 0.131 e. The van der Waals surface area contributed by atoms with Crippen molar-refractivity contribution in [3.05, 3.63) is 102 Å². The van der Waals surface area contributed by atoms with Gasteiger partial charge in [0.1, 0.15) is 11.6 Å². The van der Waals surface area contributed by atoms with Crippen molar-refractivity contribution in [1.29, 1.82) is 0 Å². The molecule has 1 aliphatic carbocycles. The topological polar surface area (TPSA) is 20.2 Å². The number of aryl methyl sites for hydroxylation is 2. The minimum atomic E-state index is -0.0953. The number of aromatic hydroxyl groups is 1. The molecule has 6 rings (SSSR count). The third-order valence-electron chi connectivity index (χ3n) is 6.06. The van der Waals surface area contributed by atoms with Gasteiger partial charge >= 0.3 is 0 Å². The third kappa shape index (κ3) is 3.39. The molecule has 0 unspecified atom stereocenters. The van der Waals surface area contributed by atoms with Gasteiger partial charge in [-0.1, -0.05) is 66.7 Å². The highest BCUT2D eigenvalue weighted by Crippen LogP contribution is 2.34. The monoisotopic (exact) mass is 394 g/mol. The van der Waals surface area contributed by atoms with Crippen molar-refractivity contribution in [2.75, 3.05) is 0 Å². The molecule has 1 aliphatic rings. The third-order valence-corrected chi connectivity index (χ3v) is 6.06. The van der Waals surface area contributed by atoms with E-state index in [2.05, 4.69) is 12.1 Å². The molecule has 0 aromatic heterocycles. The number of benzene rings is 5. The minimum absolute atomic E-state index is 0.0953. The molecule has 0 amide bonds. The zero-order valence-electron chi connectivity index (χ0n) is 16.7. The van der Waals surface area contributed by atoms with Crippen LogP contribution in [0.4, 0.5) is 4.39 Å². The number of hydrogen-bond acceptors (Lipinski definition) is 1. The van der Waals surface area contributed by atoms with Gasteiger partial charge in [0.05, 0.1) is 0 Å². The first kappa shape index (κ1) is 18.6. The van der Waals surface area contributed by atoms with E-state index in [1.807, 2.05) is 54.6 Å². The largest absolute Gasteiger partial charge is 0.508 e. The Morgan fingerprint density at radius 1 is 0.600 bits per heavy atom. The summed E-state index contributed by atoms with van der Waals surface area (Å²) in [6.45, 7) is 0. The quantitative estimate of drug-likeness (QED) is 0.269. The summed E-state index contributed by atoms with van der Waals surface area (Å²) in [5.41, 5.74) is 2.78. The molecule has 148 valence electrons.